The molecule has 2 unspecified atom stereocenters. The van der Waals surface area contributed by atoms with E-state index in [9.17, 15) is 13.6 Å². The second kappa shape index (κ2) is 6.49. The number of amides is 1. The second-order valence-electron chi connectivity index (χ2n) is 6.70. The lowest BCUT2D eigenvalue weighted by molar-refractivity contribution is -0.119. The van der Waals surface area contributed by atoms with Gasteiger partial charge < -0.3 is 16.0 Å². The van der Waals surface area contributed by atoms with Gasteiger partial charge >= 0.3 is 0 Å². The maximum Gasteiger partial charge on any atom is 0.227 e. The van der Waals surface area contributed by atoms with Gasteiger partial charge in [0.1, 0.15) is 17.5 Å². The van der Waals surface area contributed by atoms with Crippen LogP contribution >= 0.6 is 0 Å². The zero-order chi connectivity index (χ0) is 18.3. The van der Waals surface area contributed by atoms with Gasteiger partial charge in [0.25, 0.3) is 0 Å². The molecule has 7 heteroatoms. The molecular weight excluding hydrogens is 338 g/mol. The van der Waals surface area contributed by atoms with E-state index in [1.165, 1.54) is 0 Å². The number of fused-ring (bicyclic) bond motifs is 1. The van der Waals surface area contributed by atoms with Crippen LogP contribution in [0.4, 0.5) is 14.5 Å². The topological polar surface area (TPSA) is 83.8 Å². The minimum Gasteiger partial charge on any atom is -0.338 e. The van der Waals surface area contributed by atoms with E-state index in [2.05, 4.69) is 15.3 Å². The number of rotatable bonds is 3. The minimum atomic E-state index is -0.559. The van der Waals surface area contributed by atoms with Crippen LogP contribution in [0, 0.1) is 17.6 Å². The third-order valence-corrected chi connectivity index (χ3v) is 4.78. The van der Waals surface area contributed by atoms with Gasteiger partial charge in [-0.15, -0.1) is 0 Å². The van der Waals surface area contributed by atoms with Crippen molar-refractivity contribution in [3.05, 3.63) is 48.0 Å². The first-order valence-electron chi connectivity index (χ1n) is 8.51. The molecule has 3 aromatic rings. The monoisotopic (exact) mass is 356 g/mol. The summed E-state index contributed by atoms with van der Waals surface area (Å²) in [5.74, 6) is -0.976. The maximum atomic E-state index is 13.9. The highest BCUT2D eigenvalue weighted by Crippen LogP contribution is 2.28. The fourth-order valence-electron chi connectivity index (χ4n) is 3.39. The largest absolute Gasteiger partial charge is 0.338 e. The SMILES string of the molecule is NC1CCC(C(=O)Nc2ccc3nc(-c4cc(F)ccc4F)[nH]c3c2)C1. The number of halogens is 2. The molecule has 1 aliphatic carbocycles. The Morgan fingerprint density at radius 3 is 2.81 bits per heavy atom. The molecule has 1 heterocycles. The lowest BCUT2D eigenvalue weighted by Crippen LogP contribution is -2.23. The number of nitrogens with two attached hydrogens (primary N) is 1. The fourth-order valence-corrected chi connectivity index (χ4v) is 3.39. The smallest absolute Gasteiger partial charge is 0.227 e. The van der Waals surface area contributed by atoms with E-state index in [0.717, 1.165) is 31.0 Å². The van der Waals surface area contributed by atoms with Gasteiger partial charge in [-0.2, -0.15) is 0 Å². The van der Waals surface area contributed by atoms with E-state index in [0.29, 0.717) is 23.1 Å². The van der Waals surface area contributed by atoms with Gasteiger partial charge in [0.15, 0.2) is 0 Å². The van der Waals surface area contributed by atoms with Gasteiger partial charge in [-0.3, -0.25) is 4.79 Å². The quantitative estimate of drug-likeness (QED) is 0.671. The number of benzene rings is 2. The van der Waals surface area contributed by atoms with Crippen molar-refractivity contribution in [2.45, 2.75) is 25.3 Å². The zero-order valence-corrected chi connectivity index (χ0v) is 13.9. The summed E-state index contributed by atoms with van der Waals surface area (Å²) in [7, 11) is 0. The average Bonchev–Trinajstić information content (AvgIpc) is 3.22. The Labute approximate surface area is 148 Å². The summed E-state index contributed by atoms with van der Waals surface area (Å²) in [6, 6.07) is 8.50. The Morgan fingerprint density at radius 2 is 2.04 bits per heavy atom. The number of anilines is 1. The molecule has 26 heavy (non-hydrogen) atoms. The second-order valence-corrected chi connectivity index (χ2v) is 6.70. The molecule has 0 radical (unpaired) electrons. The highest BCUT2D eigenvalue weighted by molar-refractivity contribution is 5.95. The van der Waals surface area contributed by atoms with Crippen LogP contribution in [0.5, 0.6) is 0 Å². The van der Waals surface area contributed by atoms with Crippen LogP contribution in [0.3, 0.4) is 0 Å². The first kappa shape index (κ1) is 16.7. The zero-order valence-electron chi connectivity index (χ0n) is 13.9. The number of imidazole rings is 1. The molecule has 1 aliphatic rings. The number of hydrogen-bond donors (Lipinski definition) is 3. The molecule has 1 saturated carbocycles. The van der Waals surface area contributed by atoms with Crippen LogP contribution in [0.25, 0.3) is 22.4 Å². The summed E-state index contributed by atoms with van der Waals surface area (Å²) in [6.07, 6.45) is 2.35. The van der Waals surface area contributed by atoms with Crippen molar-refractivity contribution in [3.8, 4) is 11.4 Å². The Balaban J connectivity index is 1.60. The minimum absolute atomic E-state index is 0.0480. The van der Waals surface area contributed by atoms with E-state index >= 15 is 0 Å². The van der Waals surface area contributed by atoms with E-state index in [1.54, 1.807) is 18.2 Å². The highest BCUT2D eigenvalue weighted by atomic mass is 19.1. The van der Waals surface area contributed by atoms with Gasteiger partial charge in [-0.05, 0) is 55.7 Å². The number of aromatic nitrogens is 2. The lowest BCUT2D eigenvalue weighted by atomic mass is 10.1. The van der Waals surface area contributed by atoms with Crippen molar-refractivity contribution >= 4 is 22.6 Å². The Bertz CT molecular complexity index is 985. The van der Waals surface area contributed by atoms with Crippen LogP contribution in [-0.4, -0.2) is 21.9 Å². The Hall–Kier alpha value is -2.80. The summed E-state index contributed by atoms with van der Waals surface area (Å²) in [6.45, 7) is 0. The third-order valence-electron chi connectivity index (χ3n) is 4.78. The summed E-state index contributed by atoms with van der Waals surface area (Å²) in [5.41, 5.74) is 7.78. The van der Waals surface area contributed by atoms with Crippen molar-refractivity contribution < 1.29 is 13.6 Å². The van der Waals surface area contributed by atoms with E-state index in [1.807, 2.05) is 0 Å². The van der Waals surface area contributed by atoms with Crippen molar-refractivity contribution in [1.29, 1.82) is 0 Å². The number of carbonyl (C=O) groups excluding carboxylic acids is 1. The molecule has 0 bridgehead atoms. The maximum absolute atomic E-state index is 13.9. The number of carbonyl (C=O) groups is 1. The van der Waals surface area contributed by atoms with Crippen molar-refractivity contribution in [2.24, 2.45) is 11.7 Å². The molecule has 0 aliphatic heterocycles. The van der Waals surface area contributed by atoms with Crippen LogP contribution in [0.1, 0.15) is 19.3 Å². The van der Waals surface area contributed by atoms with Gasteiger partial charge in [0, 0.05) is 17.6 Å². The van der Waals surface area contributed by atoms with Crippen molar-refractivity contribution in [1.82, 2.24) is 9.97 Å². The van der Waals surface area contributed by atoms with Crippen molar-refractivity contribution in [3.63, 3.8) is 0 Å². The molecule has 0 spiro atoms. The number of H-pyrrole nitrogens is 1. The first-order valence-corrected chi connectivity index (χ1v) is 8.51. The van der Waals surface area contributed by atoms with Gasteiger partial charge in [-0.25, -0.2) is 13.8 Å². The summed E-state index contributed by atoms with van der Waals surface area (Å²) < 4.78 is 27.4. The van der Waals surface area contributed by atoms with E-state index in [4.69, 9.17) is 5.73 Å². The number of aromatic amines is 1. The molecule has 1 amide bonds. The van der Waals surface area contributed by atoms with Crippen molar-refractivity contribution in [2.75, 3.05) is 5.32 Å². The van der Waals surface area contributed by atoms with Gasteiger partial charge in [0.05, 0.1) is 16.6 Å². The van der Waals surface area contributed by atoms with E-state index < -0.39 is 11.6 Å². The fraction of sp³-hybridized carbons (Fsp3) is 0.263. The number of hydrogen-bond acceptors (Lipinski definition) is 3. The number of nitrogens with zero attached hydrogens (tertiary/aromatic N) is 1. The highest BCUT2D eigenvalue weighted by Gasteiger charge is 2.27. The van der Waals surface area contributed by atoms with Crippen LogP contribution < -0.4 is 11.1 Å². The number of nitrogens with one attached hydrogen (secondary N) is 2. The lowest BCUT2D eigenvalue weighted by Gasteiger charge is -2.10. The third kappa shape index (κ3) is 3.17. The Kier molecular flexibility index (Phi) is 4.16. The predicted molar refractivity (Wildman–Crippen MR) is 95.4 cm³/mol. The predicted octanol–water partition coefficient (Wildman–Crippen LogP) is 3.57. The Morgan fingerprint density at radius 1 is 1.19 bits per heavy atom. The summed E-state index contributed by atoms with van der Waals surface area (Å²) in [5, 5.41) is 2.89. The standard InChI is InChI=1S/C19H18F2N4O/c20-11-2-5-15(21)14(8-11)18-24-16-6-4-13(9-17(16)25-18)23-19(26)10-1-3-12(22)7-10/h2,4-6,8-10,12H,1,3,7,22H2,(H,23,26)(H,24,25). The van der Waals surface area contributed by atoms with Gasteiger partial charge in [0.2, 0.25) is 5.91 Å². The molecule has 0 saturated heterocycles. The van der Waals surface area contributed by atoms with Crippen LogP contribution in [0.2, 0.25) is 0 Å². The van der Waals surface area contributed by atoms with Crippen LogP contribution in [-0.2, 0) is 4.79 Å². The molecule has 1 aromatic heterocycles. The van der Waals surface area contributed by atoms with Gasteiger partial charge in [-0.1, -0.05) is 0 Å². The average molecular weight is 356 g/mol. The molecule has 4 N–H and O–H groups in total. The molecule has 4 rings (SSSR count). The summed E-state index contributed by atoms with van der Waals surface area (Å²) >= 11 is 0. The molecule has 2 atom stereocenters. The molecule has 2 aromatic carbocycles. The molecule has 5 nitrogen and oxygen atoms in total. The van der Waals surface area contributed by atoms with E-state index in [-0.39, 0.29) is 29.3 Å². The molecular formula is C19H18F2N4O. The molecule has 134 valence electrons. The van der Waals surface area contributed by atoms with Crippen LogP contribution in [0.15, 0.2) is 36.4 Å². The first-order chi connectivity index (χ1) is 12.5. The summed E-state index contributed by atoms with van der Waals surface area (Å²) in [4.78, 5) is 19.6. The normalized spacial score (nSPS) is 19.8. The molecule has 1 fully saturated rings.